The van der Waals surface area contributed by atoms with E-state index in [1.165, 1.54) is 17.2 Å². The van der Waals surface area contributed by atoms with Crippen LogP contribution < -0.4 is 11.1 Å². The zero-order chi connectivity index (χ0) is 16.7. The number of nitrogen functional groups attached to an aromatic ring is 1. The van der Waals surface area contributed by atoms with Crippen LogP contribution in [0, 0.1) is 0 Å². The van der Waals surface area contributed by atoms with Crippen LogP contribution in [0.4, 0.5) is 5.82 Å². The molecule has 3 heterocycles. The van der Waals surface area contributed by atoms with Gasteiger partial charge in [-0.05, 0) is 13.8 Å². The highest BCUT2D eigenvalue weighted by molar-refractivity contribution is 5.83. The number of carbonyl (C=O) groups is 1. The predicted octanol–water partition coefficient (Wildman–Crippen LogP) is -1.45. The molecule has 1 amide bonds. The van der Waals surface area contributed by atoms with Crippen molar-refractivity contribution in [3.63, 3.8) is 0 Å². The summed E-state index contributed by atoms with van der Waals surface area (Å²) >= 11 is 0. The fraction of sp³-hybridized carbons (Fsp3) is 0.538. The van der Waals surface area contributed by atoms with Crippen LogP contribution >= 0.6 is 0 Å². The molecule has 124 valence electrons. The van der Waals surface area contributed by atoms with Gasteiger partial charge in [-0.1, -0.05) is 0 Å². The number of hydrogen-bond acceptors (Lipinski definition) is 8. The van der Waals surface area contributed by atoms with Crippen LogP contribution in [-0.2, 0) is 9.53 Å². The molecular weight excluding hydrogens is 304 g/mol. The molecule has 0 spiro atoms. The molecule has 0 radical (unpaired) electrons. The lowest BCUT2D eigenvalue weighted by molar-refractivity contribution is -0.138. The van der Waals surface area contributed by atoms with Gasteiger partial charge in [0, 0.05) is 6.04 Å². The van der Waals surface area contributed by atoms with E-state index in [1.54, 1.807) is 13.8 Å². The first-order valence-electron chi connectivity index (χ1n) is 7.15. The van der Waals surface area contributed by atoms with E-state index in [1.807, 2.05) is 0 Å². The van der Waals surface area contributed by atoms with Gasteiger partial charge in [-0.25, -0.2) is 15.0 Å². The number of hydrogen-bond donors (Lipinski definition) is 4. The molecule has 1 aliphatic rings. The molecule has 2 aromatic heterocycles. The largest absolute Gasteiger partial charge is 0.387 e. The molecule has 1 fully saturated rings. The van der Waals surface area contributed by atoms with E-state index in [0.29, 0.717) is 11.2 Å². The van der Waals surface area contributed by atoms with Gasteiger partial charge in [0.2, 0.25) is 0 Å². The van der Waals surface area contributed by atoms with Gasteiger partial charge in [-0.15, -0.1) is 0 Å². The number of nitrogens with zero attached hydrogens (tertiary/aromatic N) is 4. The van der Waals surface area contributed by atoms with Gasteiger partial charge >= 0.3 is 0 Å². The van der Waals surface area contributed by atoms with Crippen molar-refractivity contribution in [2.45, 2.75) is 44.4 Å². The average Bonchev–Trinajstić information content (AvgIpc) is 3.02. The Kier molecular flexibility index (Phi) is 3.88. The zero-order valence-electron chi connectivity index (χ0n) is 12.6. The molecule has 0 aromatic carbocycles. The second-order valence-electron chi connectivity index (χ2n) is 5.67. The van der Waals surface area contributed by atoms with Crippen LogP contribution in [0.2, 0.25) is 0 Å². The number of fused-ring (bicyclic) bond motifs is 1. The number of aliphatic hydroxyl groups is 2. The van der Waals surface area contributed by atoms with E-state index < -0.39 is 30.4 Å². The van der Waals surface area contributed by atoms with Crippen molar-refractivity contribution in [3.8, 4) is 0 Å². The summed E-state index contributed by atoms with van der Waals surface area (Å²) in [6.45, 7) is 3.58. The summed E-state index contributed by atoms with van der Waals surface area (Å²) in [5, 5.41) is 23.0. The van der Waals surface area contributed by atoms with Crippen molar-refractivity contribution < 1.29 is 19.7 Å². The third-order valence-corrected chi connectivity index (χ3v) is 3.59. The third kappa shape index (κ3) is 2.60. The van der Waals surface area contributed by atoms with Crippen LogP contribution in [0.3, 0.4) is 0 Å². The monoisotopic (exact) mass is 322 g/mol. The van der Waals surface area contributed by atoms with Crippen molar-refractivity contribution in [1.29, 1.82) is 0 Å². The number of aliphatic hydroxyl groups excluding tert-OH is 2. The maximum Gasteiger partial charge on any atom is 0.252 e. The molecule has 10 heteroatoms. The lowest BCUT2D eigenvalue weighted by Crippen LogP contribution is -2.45. The van der Waals surface area contributed by atoms with E-state index in [-0.39, 0.29) is 11.9 Å². The molecule has 3 rings (SSSR count). The van der Waals surface area contributed by atoms with E-state index in [0.717, 1.165) is 0 Å². The third-order valence-electron chi connectivity index (χ3n) is 3.59. The first-order valence-corrected chi connectivity index (χ1v) is 7.15. The highest BCUT2D eigenvalue weighted by atomic mass is 16.6. The van der Waals surface area contributed by atoms with Gasteiger partial charge < -0.3 is 26.0 Å². The quantitative estimate of drug-likeness (QED) is 0.536. The summed E-state index contributed by atoms with van der Waals surface area (Å²) in [5.74, 6) is -0.302. The molecule has 23 heavy (non-hydrogen) atoms. The summed E-state index contributed by atoms with van der Waals surface area (Å²) in [5.41, 5.74) is 6.42. The molecule has 4 atom stereocenters. The molecule has 2 aromatic rings. The summed E-state index contributed by atoms with van der Waals surface area (Å²) in [6, 6.07) is -0.115. The minimum absolute atomic E-state index is 0.115. The smallest absolute Gasteiger partial charge is 0.252 e. The Morgan fingerprint density at radius 3 is 2.78 bits per heavy atom. The minimum atomic E-state index is -1.37. The topological polar surface area (TPSA) is 148 Å². The van der Waals surface area contributed by atoms with Crippen molar-refractivity contribution in [3.05, 3.63) is 12.7 Å². The predicted molar refractivity (Wildman–Crippen MR) is 78.9 cm³/mol. The van der Waals surface area contributed by atoms with Crippen LogP contribution in [0.5, 0.6) is 0 Å². The number of rotatable bonds is 3. The standard InChI is InChI=1S/C13H18N6O4/c1-5(2)18-12(22)9-7(20)8(21)13(23-9)19-4-17-6-10(14)15-3-16-11(6)19/h3-5,7-9,13,20-21H,1-2H3,(H,18,22)(H2,14,15,16)/t7-,8+,9-,13+/m0/s1. The second-order valence-corrected chi connectivity index (χ2v) is 5.67. The first kappa shape index (κ1) is 15.6. The normalized spacial score (nSPS) is 27.7. The molecule has 0 bridgehead atoms. The molecular formula is C13H18N6O4. The van der Waals surface area contributed by atoms with Gasteiger partial charge in [0.25, 0.3) is 5.91 Å². The molecule has 0 unspecified atom stereocenters. The van der Waals surface area contributed by atoms with Crippen LogP contribution in [0.1, 0.15) is 20.1 Å². The Bertz CT molecular complexity index is 732. The van der Waals surface area contributed by atoms with Crippen LogP contribution in [0.15, 0.2) is 12.7 Å². The first-order chi connectivity index (χ1) is 10.9. The zero-order valence-corrected chi connectivity index (χ0v) is 12.6. The number of nitrogens with one attached hydrogen (secondary N) is 1. The maximum atomic E-state index is 12.1. The number of anilines is 1. The fourth-order valence-electron chi connectivity index (χ4n) is 2.53. The van der Waals surface area contributed by atoms with E-state index >= 15 is 0 Å². The molecule has 1 aliphatic heterocycles. The highest BCUT2D eigenvalue weighted by Gasteiger charge is 2.47. The van der Waals surface area contributed by atoms with Gasteiger partial charge in [0.05, 0.1) is 6.33 Å². The SMILES string of the molecule is CC(C)NC(=O)[C@H]1O[C@@H](n2cnc3c(N)ncnc32)[C@H](O)[C@@H]1O. The van der Waals surface area contributed by atoms with Crippen molar-refractivity contribution >= 4 is 22.9 Å². The number of aromatic nitrogens is 4. The fourth-order valence-corrected chi connectivity index (χ4v) is 2.53. The van der Waals surface area contributed by atoms with Crippen molar-refractivity contribution in [1.82, 2.24) is 24.8 Å². The number of carbonyl (C=O) groups excluding carboxylic acids is 1. The number of ether oxygens (including phenoxy) is 1. The summed E-state index contributed by atoms with van der Waals surface area (Å²) in [7, 11) is 0. The van der Waals surface area contributed by atoms with E-state index in [4.69, 9.17) is 10.5 Å². The number of amides is 1. The molecule has 5 N–H and O–H groups in total. The molecule has 10 nitrogen and oxygen atoms in total. The summed E-state index contributed by atoms with van der Waals surface area (Å²) in [6.07, 6.45) is -2.24. The Balaban J connectivity index is 1.91. The highest BCUT2D eigenvalue weighted by Crippen LogP contribution is 2.32. The number of imidazole rings is 1. The van der Waals surface area contributed by atoms with Crippen molar-refractivity contribution in [2.75, 3.05) is 5.73 Å². The minimum Gasteiger partial charge on any atom is -0.387 e. The second kappa shape index (κ2) is 5.72. The van der Waals surface area contributed by atoms with Crippen molar-refractivity contribution in [2.24, 2.45) is 0 Å². The maximum absolute atomic E-state index is 12.1. The molecule has 0 saturated carbocycles. The summed E-state index contributed by atoms with van der Waals surface area (Å²) in [4.78, 5) is 24.0. The van der Waals surface area contributed by atoms with E-state index in [9.17, 15) is 15.0 Å². The van der Waals surface area contributed by atoms with Gasteiger partial charge in [-0.2, -0.15) is 0 Å². The molecule has 1 saturated heterocycles. The molecule has 0 aliphatic carbocycles. The van der Waals surface area contributed by atoms with Gasteiger partial charge in [-0.3, -0.25) is 9.36 Å². The Morgan fingerprint density at radius 1 is 1.35 bits per heavy atom. The lowest BCUT2D eigenvalue weighted by atomic mass is 10.1. The van der Waals surface area contributed by atoms with Crippen LogP contribution in [0.25, 0.3) is 11.2 Å². The van der Waals surface area contributed by atoms with Gasteiger partial charge in [0.15, 0.2) is 23.8 Å². The van der Waals surface area contributed by atoms with Gasteiger partial charge in [0.1, 0.15) is 24.1 Å². The Labute approximate surface area is 131 Å². The number of nitrogens with two attached hydrogens (primary N) is 1. The Hall–Kier alpha value is -2.30. The summed E-state index contributed by atoms with van der Waals surface area (Å²) < 4.78 is 6.97. The van der Waals surface area contributed by atoms with Crippen LogP contribution in [-0.4, -0.2) is 60.0 Å². The average molecular weight is 322 g/mol. The Morgan fingerprint density at radius 2 is 2.09 bits per heavy atom. The lowest BCUT2D eigenvalue weighted by Gasteiger charge is -2.16. The van der Waals surface area contributed by atoms with E-state index in [2.05, 4.69) is 20.3 Å².